The molecule has 1 fully saturated rings. The van der Waals surface area contributed by atoms with Crippen molar-refractivity contribution in [2.45, 2.75) is 38.8 Å². The van der Waals surface area contributed by atoms with Gasteiger partial charge < -0.3 is 29.3 Å². The maximum absolute atomic E-state index is 13.8. The van der Waals surface area contributed by atoms with Crippen molar-refractivity contribution in [3.63, 3.8) is 0 Å². The zero-order valence-corrected chi connectivity index (χ0v) is 25.0. The molecular formula is C32H35N7O5. The second-order valence-corrected chi connectivity index (χ2v) is 11.1. The van der Waals surface area contributed by atoms with Gasteiger partial charge in [0.1, 0.15) is 23.9 Å². The number of benzene rings is 2. The van der Waals surface area contributed by atoms with E-state index in [1.807, 2.05) is 42.5 Å². The molecule has 0 aliphatic carbocycles. The molecule has 1 unspecified atom stereocenters. The van der Waals surface area contributed by atoms with Crippen LogP contribution in [0.2, 0.25) is 0 Å². The van der Waals surface area contributed by atoms with E-state index >= 15 is 0 Å². The molecule has 4 heterocycles. The topological polar surface area (TPSA) is 124 Å². The Morgan fingerprint density at radius 1 is 1.02 bits per heavy atom. The number of carbonyl (C=O) groups excluding carboxylic acids is 2. The lowest BCUT2D eigenvalue weighted by molar-refractivity contribution is -0.140. The molecule has 2 amide bonds. The van der Waals surface area contributed by atoms with Gasteiger partial charge >= 0.3 is 0 Å². The van der Waals surface area contributed by atoms with Gasteiger partial charge in [0.15, 0.2) is 11.5 Å². The van der Waals surface area contributed by atoms with Gasteiger partial charge in [0.25, 0.3) is 0 Å². The van der Waals surface area contributed by atoms with Crippen LogP contribution in [0.3, 0.4) is 0 Å². The van der Waals surface area contributed by atoms with E-state index in [0.29, 0.717) is 42.9 Å². The first-order chi connectivity index (χ1) is 21.4. The Hall–Kier alpha value is -5.13. The third kappa shape index (κ3) is 6.29. The number of piperazine rings is 1. The van der Waals surface area contributed by atoms with Gasteiger partial charge in [-0.05, 0) is 41.3 Å². The Labute approximate surface area is 255 Å². The molecular weight excluding hydrogens is 562 g/mol. The summed E-state index contributed by atoms with van der Waals surface area (Å²) in [4.78, 5) is 44.9. The number of amides is 2. The number of nitrogens with zero attached hydrogens (tertiary/aromatic N) is 6. The van der Waals surface area contributed by atoms with Crippen LogP contribution < -0.4 is 24.4 Å². The molecule has 2 aromatic heterocycles. The van der Waals surface area contributed by atoms with E-state index in [4.69, 9.17) is 24.2 Å². The van der Waals surface area contributed by atoms with Crippen LogP contribution in [-0.2, 0) is 22.6 Å². The number of carbonyl (C=O) groups is 2. The maximum Gasteiger partial charge on any atom is 0.244 e. The Balaban J connectivity index is 1.25. The standard InChI is InChI=1S/C32H35N7O5/c1-21(2)25-16-29(36-32(35-25)38-11-10-33-19-38)37-12-13-39(30(40)15-23-6-9-27-28(14-23)44-20-43-27)26(18-37)31(41)34-17-22-4-7-24(42-3)8-5-22/h4-11,14,16,19,21,26H,12-13,15,17-18,20H2,1-3H3,(H,34,41). The van der Waals surface area contributed by atoms with Gasteiger partial charge in [0, 0.05) is 44.6 Å². The number of rotatable bonds is 9. The van der Waals surface area contributed by atoms with Crippen LogP contribution in [0.1, 0.15) is 36.6 Å². The zero-order valence-electron chi connectivity index (χ0n) is 25.0. The molecule has 4 aromatic rings. The molecule has 1 saturated heterocycles. The number of nitrogens with one attached hydrogen (secondary N) is 1. The first-order valence-corrected chi connectivity index (χ1v) is 14.6. The predicted molar refractivity (Wildman–Crippen MR) is 162 cm³/mol. The van der Waals surface area contributed by atoms with Crippen LogP contribution in [0.25, 0.3) is 5.95 Å². The van der Waals surface area contributed by atoms with Gasteiger partial charge in [0.05, 0.1) is 19.2 Å². The zero-order chi connectivity index (χ0) is 30.6. The summed E-state index contributed by atoms with van der Waals surface area (Å²) in [6, 6.07) is 14.2. The molecule has 228 valence electrons. The SMILES string of the molecule is COc1ccc(CNC(=O)C2CN(c3cc(C(C)C)nc(-n4ccnc4)n3)CCN2C(=O)Cc2ccc3c(c2)OCO3)cc1. The molecule has 0 saturated carbocycles. The molecule has 1 atom stereocenters. The van der Waals surface area contributed by atoms with Crippen molar-refractivity contribution in [3.05, 3.63) is 84.1 Å². The molecule has 44 heavy (non-hydrogen) atoms. The summed E-state index contributed by atoms with van der Waals surface area (Å²) in [6.07, 6.45) is 5.27. The van der Waals surface area contributed by atoms with Crippen molar-refractivity contribution in [2.24, 2.45) is 0 Å². The quantitative estimate of drug-likeness (QED) is 0.310. The van der Waals surface area contributed by atoms with Crippen LogP contribution in [0.15, 0.2) is 67.3 Å². The van der Waals surface area contributed by atoms with Crippen LogP contribution >= 0.6 is 0 Å². The minimum atomic E-state index is -0.738. The number of hydrogen-bond acceptors (Lipinski definition) is 9. The van der Waals surface area contributed by atoms with Crippen molar-refractivity contribution in [1.29, 1.82) is 0 Å². The van der Waals surface area contributed by atoms with E-state index in [1.165, 1.54) is 0 Å². The third-order valence-electron chi connectivity index (χ3n) is 7.79. The minimum absolute atomic E-state index is 0.134. The van der Waals surface area contributed by atoms with Crippen LogP contribution in [0, 0.1) is 0 Å². The van der Waals surface area contributed by atoms with E-state index in [1.54, 1.807) is 41.4 Å². The lowest BCUT2D eigenvalue weighted by Gasteiger charge is -2.41. The Bertz CT molecular complexity index is 1620. The first kappa shape index (κ1) is 29.0. The van der Waals surface area contributed by atoms with Gasteiger partial charge in [-0.2, -0.15) is 4.98 Å². The third-order valence-corrected chi connectivity index (χ3v) is 7.79. The van der Waals surface area contributed by atoms with Crippen LogP contribution in [0.5, 0.6) is 17.2 Å². The molecule has 0 radical (unpaired) electrons. The maximum atomic E-state index is 13.8. The number of methoxy groups -OCH3 is 1. The summed E-state index contributed by atoms with van der Waals surface area (Å²) in [5.74, 6) is 3.00. The molecule has 12 nitrogen and oxygen atoms in total. The normalized spacial score (nSPS) is 15.9. The molecule has 12 heteroatoms. The average molecular weight is 598 g/mol. The van der Waals surface area contributed by atoms with Crippen molar-refractivity contribution < 1.29 is 23.8 Å². The Kier molecular flexibility index (Phi) is 8.31. The minimum Gasteiger partial charge on any atom is -0.497 e. The highest BCUT2D eigenvalue weighted by molar-refractivity contribution is 5.89. The summed E-state index contributed by atoms with van der Waals surface area (Å²) in [5.41, 5.74) is 2.59. The molecule has 1 N–H and O–H groups in total. The fourth-order valence-corrected chi connectivity index (χ4v) is 5.28. The first-order valence-electron chi connectivity index (χ1n) is 14.6. The predicted octanol–water partition coefficient (Wildman–Crippen LogP) is 3.10. The summed E-state index contributed by atoms with van der Waals surface area (Å²) in [7, 11) is 1.61. The summed E-state index contributed by atoms with van der Waals surface area (Å²) >= 11 is 0. The van der Waals surface area contributed by atoms with Crippen molar-refractivity contribution in [3.8, 4) is 23.2 Å². The van der Waals surface area contributed by atoms with E-state index in [2.05, 4.69) is 29.0 Å². The molecule has 0 bridgehead atoms. The number of imidazole rings is 1. The number of aromatic nitrogens is 4. The van der Waals surface area contributed by atoms with Gasteiger partial charge in [0.2, 0.25) is 24.6 Å². The highest BCUT2D eigenvalue weighted by Crippen LogP contribution is 2.33. The largest absolute Gasteiger partial charge is 0.497 e. The van der Waals surface area contributed by atoms with Crippen molar-refractivity contribution in [2.75, 3.05) is 38.4 Å². The molecule has 6 rings (SSSR count). The number of fused-ring (bicyclic) bond motifs is 1. The number of hydrogen-bond donors (Lipinski definition) is 1. The fraction of sp³-hybridized carbons (Fsp3) is 0.344. The fourth-order valence-electron chi connectivity index (χ4n) is 5.28. The highest BCUT2D eigenvalue weighted by Gasteiger charge is 2.36. The smallest absolute Gasteiger partial charge is 0.244 e. The Morgan fingerprint density at radius 3 is 2.57 bits per heavy atom. The monoisotopic (exact) mass is 597 g/mol. The van der Waals surface area contributed by atoms with Crippen LogP contribution in [0.4, 0.5) is 5.82 Å². The highest BCUT2D eigenvalue weighted by atomic mass is 16.7. The van der Waals surface area contributed by atoms with Crippen molar-refractivity contribution in [1.82, 2.24) is 29.7 Å². The second-order valence-electron chi connectivity index (χ2n) is 11.1. The second kappa shape index (κ2) is 12.6. The van der Waals surface area contributed by atoms with Gasteiger partial charge in [-0.25, -0.2) is 9.97 Å². The summed E-state index contributed by atoms with van der Waals surface area (Å²) in [6.45, 7) is 5.77. The van der Waals surface area contributed by atoms with E-state index in [-0.39, 0.29) is 37.5 Å². The lowest BCUT2D eigenvalue weighted by atomic mass is 10.1. The molecule has 2 aliphatic heterocycles. The van der Waals surface area contributed by atoms with Crippen LogP contribution in [-0.4, -0.2) is 75.8 Å². The number of anilines is 1. The molecule has 0 spiro atoms. The Morgan fingerprint density at radius 2 is 1.82 bits per heavy atom. The number of ether oxygens (including phenoxy) is 3. The lowest BCUT2D eigenvalue weighted by Crippen LogP contribution is -2.61. The molecule has 2 aliphatic rings. The van der Waals surface area contributed by atoms with Gasteiger partial charge in [-0.15, -0.1) is 0 Å². The average Bonchev–Trinajstić information content (AvgIpc) is 3.76. The van der Waals surface area contributed by atoms with Gasteiger partial charge in [-0.3, -0.25) is 14.2 Å². The van der Waals surface area contributed by atoms with Gasteiger partial charge in [-0.1, -0.05) is 32.0 Å². The van der Waals surface area contributed by atoms with Crippen molar-refractivity contribution >= 4 is 17.6 Å². The van der Waals surface area contributed by atoms with E-state index < -0.39 is 6.04 Å². The molecule has 2 aromatic carbocycles. The van der Waals surface area contributed by atoms with E-state index in [0.717, 1.165) is 22.6 Å². The summed E-state index contributed by atoms with van der Waals surface area (Å²) < 4.78 is 17.9. The summed E-state index contributed by atoms with van der Waals surface area (Å²) in [5, 5.41) is 3.04. The van der Waals surface area contributed by atoms with E-state index in [9.17, 15) is 9.59 Å².